The Hall–Kier alpha value is -0.570. The summed E-state index contributed by atoms with van der Waals surface area (Å²) in [4.78, 5) is 10.6. The standard InChI is InChI=1S/C18H36O2.CH4O/c1-3-4-5-6-7-8-9-10-11-12-13-14-15-16-17-20-18(2)19;1-2/h3-17H2,1-2H3;2H,1H3. The van der Waals surface area contributed by atoms with Crippen molar-refractivity contribution in [1.82, 2.24) is 0 Å². The van der Waals surface area contributed by atoms with E-state index in [9.17, 15) is 4.79 Å². The average Bonchev–Trinajstić information content (AvgIpc) is 2.53. The van der Waals surface area contributed by atoms with Crippen molar-refractivity contribution < 1.29 is 14.6 Å². The van der Waals surface area contributed by atoms with Gasteiger partial charge in [0.15, 0.2) is 0 Å². The summed E-state index contributed by atoms with van der Waals surface area (Å²) in [6.45, 7) is 4.35. The van der Waals surface area contributed by atoms with Gasteiger partial charge in [-0.1, -0.05) is 90.4 Å². The van der Waals surface area contributed by atoms with Crippen LogP contribution in [-0.4, -0.2) is 24.8 Å². The Morgan fingerprint density at radius 1 is 0.682 bits per heavy atom. The van der Waals surface area contributed by atoms with E-state index in [1.165, 1.54) is 90.4 Å². The summed E-state index contributed by atoms with van der Waals surface area (Å²) in [6, 6.07) is 0. The minimum atomic E-state index is -0.153. The summed E-state index contributed by atoms with van der Waals surface area (Å²) in [5.74, 6) is -0.153. The quantitative estimate of drug-likeness (QED) is 0.314. The molecule has 0 heterocycles. The van der Waals surface area contributed by atoms with Gasteiger partial charge < -0.3 is 9.84 Å². The lowest BCUT2D eigenvalue weighted by Gasteiger charge is -2.03. The van der Waals surface area contributed by atoms with E-state index in [-0.39, 0.29) is 5.97 Å². The number of carbonyl (C=O) groups excluding carboxylic acids is 1. The molecule has 0 fully saturated rings. The summed E-state index contributed by atoms with van der Waals surface area (Å²) in [6.07, 6.45) is 19.0. The second kappa shape index (κ2) is 22.7. The normalized spacial score (nSPS) is 10.0. The molecule has 134 valence electrons. The smallest absolute Gasteiger partial charge is 0.302 e. The lowest BCUT2D eigenvalue weighted by molar-refractivity contribution is -0.141. The summed E-state index contributed by atoms with van der Waals surface area (Å²) < 4.78 is 4.91. The van der Waals surface area contributed by atoms with Gasteiger partial charge in [-0.05, 0) is 6.42 Å². The van der Waals surface area contributed by atoms with Crippen molar-refractivity contribution in [3.8, 4) is 0 Å². The van der Waals surface area contributed by atoms with Gasteiger partial charge >= 0.3 is 5.97 Å². The summed E-state index contributed by atoms with van der Waals surface area (Å²) in [5.41, 5.74) is 0. The number of aliphatic hydroxyl groups excluding tert-OH is 1. The molecule has 0 saturated carbocycles. The average molecular weight is 317 g/mol. The van der Waals surface area contributed by atoms with Crippen molar-refractivity contribution in [3.05, 3.63) is 0 Å². The van der Waals surface area contributed by atoms with Crippen LogP contribution in [0, 0.1) is 0 Å². The molecule has 0 spiro atoms. The Morgan fingerprint density at radius 2 is 1.00 bits per heavy atom. The first-order valence-corrected chi connectivity index (χ1v) is 9.35. The molecule has 0 rings (SSSR count). The predicted octanol–water partition coefficient (Wildman–Crippen LogP) is 5.64. The highest BCUT2D eigenvalue weighted by atomic mass is 16.5. The minimum Gasteiger partial charge on any atom is -0.466 e. The molecule has 0 saturated heterocycles. The molecule has 0 unspecified atom stereocenters. The van der Waals surface area contributed by atoms with Gasteiger partial charge in [0.05, 0.1) is 6.61 Å². The van der Waals surface area contributed by atoms with Crippen LogP contribution < -0.4 is 0 Å². The van der Waals surface area contributed by atoms with E-state index in [0.29, 0.717) is 6.61 Å². The van der Waals surface area contributed by atoms with Crippen LogP contribution in [0.4, 0.5) is 0 Å². The van der Waals surface area contributed by atoms with Gasteiger partial charge in [0.1, 0.15) is 0 Å². The number of rotatable bonds is 15. The maximum Gasteiger partial charge on any atom is 0.302 e. The topological polar surface area (TPSA) is 46.5 Å². The molecular formula is C19H40O3. The molecule has 0 aliphatic heterocycles. The molecule has 0 amide bonds. The molecule has 0 aliphatic carbocycles. The van der Waals surface area contributed by atoms with E-state index in [0.717, 1.165) is 13.5 Å². The third-order valence-electron chi connectivity index (χ3n) is 3.80. The van der Waals surface area contributed by atoms with Gasteiger partial charge in [-0.25, -0.2) is 0 Å². The predicted molar refractivity (Wildman–Crippen MR) is 95.1 cm³/mol. The first kappa shape index (κ1) is 23.7. The molecule has 1 N–H and O–H groups in total. The molecule has 0 aromatic carbocycles. The van der Waals surface area contributed by atoms with Crippen LogP contribution >= 0.6 is 0 Å². The van der Waals surface area contributed by atoms with Crippen molar-refractivity contribution in [1.29, 1.82) is 0 Å². The zero-order chi connectivity index (χ0) is 16.9. The van der Waals surface area contributed by atoms with Crippen molar-refractivity contribution in [2.75, 3.05) is 13.7 Å². The highest BCUT2D eigenvalue weighted by molar-refractivity contribution is 5.65. The summed E-state index contributed by atoms with van der Waals surface area (Å²) in [5, 5.41) is 7.00. The fraction of sp³-hybridized carbons (Fsp3) is 0.947. The monoisotopic (exact) mass is 316 g/mol. The number of esters is 1. The molecule has 22 heavy (non-hydrogen) atoms. The van der Waals surface area contributed by atoms with Gasteiger partial charge in [0.25, 0.3) is 0 Å². The van der Waals surface area contributed by atoms with Crippen LogP contribution in [0.2, 0.25) is 0 Å². The van der Waals surface area contributed by atoms with E-state index >= 15 is 0 Å². The second-order valence-electron chi connectivity index (χ2n) is 5.94. The molecule has 0 radical (unpaired) electrons. The molecule has 3 heteroatoms. The molecule has 0 aromatic heterocycles. The van der Waals surface area contributed by atoms with E-state index in [4.69, 9.17) is 9.84 Å². The zero-order valence-corrected chi connectivity index (χ0v) is 15.4. The third-order valence-corrected chi connectivity index (χ3v) is 3.80. The lowest BCUT2D eigenvalue weighted by Crippen LogP contribution is -2.00. The Kier molecular flexibility index (Phi) is 24.5. The first-order chi connectivity index (χ1) is 10.8. The van der Waals surface area contributed by atoms with Crippen molar-refractivity contribution in [2.24, 2.45) is 0 Å². The van der Waals surface area contributed by atoms with E-state index in [1.54, 1.807) is 0 Å². The van der Waals surface area contributed by atoms with Crippen LogP contribution in [-0.2, 0) is 9.53 Å². The van der Waals surface area contributed by atoms with Crippen LogP contribution in [0.1, 0.15) is 104 Å². The van der Waals surface area contributed by atoms with Gasteiger partial charge in [-0.15, -0.1) is 0 Å². The van der Waals surface area contributed by atoms with Crippen molar-refractivity contribution in [2.45, 2.75) is 104 Å². The van der Waals surface area contributed by atoms with E-state index in [2.05, 4.69) is 6.92 Å². The molecule has 0 aliphatic rings. The SMILES string of the molecule is CCCCCCCCCCCCCCCCOC(C)=O.CO. The Labute approximate surface area is 138 Å². The summed E-state index contributed by atoms with van der Waals surface area (Å²) >= 11 is 0. The van der Waals surface area contributed by atoms with Crippen LogP contribution in [0.3, 0.4) is 0 Å². The number of hydrogen-bond donors (Lipinski definition) is 1. The Balaban J connectivity index is 0. The molecular weight excluding hydrogens is 276 g/mol. The van der Waals surface area contributed by atoms with Gasteiger partial charge in [-0.2, -0.15) is 0 Å². The fourth-order valence-corrected chi connectivity index (χ4v) is 2.51. The van der Waals surface area contributed by atoms with Crippen LogP contribution in [0.5, 0.6) is 0 Å². The van der Waals surface area contributed by atoms with Crippen molar-refractivity contribution in [3.63, 3.8) is 0 Å². The maximum atomic E-state index is 10.6. The first-order valence-electron chi connectivity index (χ1n) is 9.35. The van der Waals surface area contributed by atoms with Gasteiger partial charge in [-0.3, -0.25) is 4.79 Å². The zero-order valence-electron chi connectivity index (χ0n) is 15.4. The molecule has 0 bridgehead atoms. The van der Waals surface area contributed by atoms with Crippen LogP contribution in [0.25, 0.3) is 0 Å². The maximum absolute atomic E-state index is 10.6. The Bertz CT molecular complexity index is 205. The fourth-order valence-electron chi connectivity index (χ4n) is 2.51. The van der Waals surface area contributed by atoms with Gasteiger partial charge in [0.2, 0.25) is 0 Å². The third kappa shape index (κ3) is 24.4. The highest BCUT2D eigenvalue weighted by Gasteiger charge is 1.95. The summed E-state index contributed by atoms with van der Waals surface area (Å²) in [7, 11) is 1.00. The number of hydrogen-bond acceptors (Lipinski definition) is 3. The minimum absolute atomic E-state index is 0.153. The number of unbranched alkanes of at least 4 members (excludes halogenated alkanes) is 13. The highest BCUT2D eigenvalue weighted by Crippen LogP contribution is 2.12. The second-order valence-corrected chi connectivity index (χ2v) is 5.94. The number of carbonyl (C=O) groups is 1. The van der Waals surface area contributed by atoms with Gasteiger partial charge in [0, 0.05) is 14.0 Å². The molecule has 3 nitrogen and oxygen atoms in total. The van der Waals surface area contributed by atoms with E-state index in [1.807, 2.05) is 0 Å². The van der Waals surface area contributed by atoms with E-state index < -0.39 is 0 Å². The molecule has 0 aromatic rings. The van der Waals surface area contributed by atoms with Crippen molar-refractivity contribution >= 4 is 5.97 Å². The number of aliphatic hydroxyl groups is 1. The molecule has 0 atom stereocenters. The number of ether oxygens (including phenoxy) is 1. The lowest BCUT2D eigenvalue weighted by atomic mass is 10.0. The largest absolute Gasteiger partial charge is 0.466 e. The Morgan fingerprint density at radius 3 is 1.32 bits per heavy atom. The van der Waals surface area contributed by atoms with Crippen LogP contribution in [0.15, 0.2) is 0 Å².